The summed E-state index contributed by atoms with van der Waals surface area (Å²) in [7, 11) is 1.69. The van der Waals surface area contributed by atoms with E-state index in [0.29, 0.717) is 26.2 Å². The van der Waals surface area contributed by atoms with E-state index in [-0.39, 0.29) is 65.2 Å². The van der Waals surface area contributed by atoms with Gasteiger partial charge in [-0.25, -0.2) is 4.79 Å². The van der Waals surface area contributed by atoms with Crippen LogP contribution in [0.4, 0.5) is 4.79 Å². The van der Waals surface area contributed by atoms with Crippen molar-refractivity contribution in [3.05, 3.63) is 11.6 Å². The number of epoxide rings is 2. The summed E-state index contributed by atoms with van der Waals surface area (Å²) in [5, 5.41) is 2.90. The molecule has 5 aliphatic rings. The largest absolute Gasteiger partial charge is 0.443 e. The first kappa shape index (κ1) is 23.1. The Kier molecular flexibility index (Phi) is 5.77. The van der Waals surface area contributed by atoms with Gasteiger partial charge in [-0.15, -0.1) is 0 Å². The molecule has 9 atom stereocenters. The van der Waals surface area contributed by atoms with Crippen LogP contribution in [0.3, 0.4) is 0 Å². The van der Waals surface area contributed by atoms with Gasteiger partial charge in [0.1, 0.15) is 23.4 Å². The van der Waals surface area contributed by atoms with Crippen LogP contribution in [0.2, 0.25) is 0 Å². The van der Waals surface area contributed by atoms with Crippen molar-refractivity contribution in [1.29, 1.82) is 0 Å². The summed E-state index contributed by atoms with van der Waals surface area (Å²) >= 11 is 0. The Morgan fingerprint density at radius 3 is 2.52 bits per heavy atom. The zero-order valence-electron chi connectivity index (χ0n) is 20.5. The maximum Gasteiger partial charge on any atom is 0.410 e. The molecular formula is C25H38N2O6. The minimum atomic E-state index is -0.344. The van der Waals surface area contributed by atoms with Crippen molar-refractivity contribution in [3.8, 4) is 0 Å². The number of piperidine rings is 1. The Bertz CT molecular complexity index is 825. The maximum atomic E-state index is 13.0. The van der Waals surface area contributed by atoms with Crippen LogP contribution in [-0.4, -0.2) is 79.8 Å². The predicted molar refractivity (Wildman–Crippen MR) is 121 cm³/mol. The molecule has 2 amide bonds. The quantitative estimate of drug-likeness (QED) is 0.462. The maximum absolute atomic E-state index is 13.0. The van der Waals surface area contributed by atoms with Crippen LogP contribution in [0.15, 0.2) is 11.6 Å². The predicted octanol–water partition coefficient (Wildman–Crippen LogP) is 2.51. The highest BCUT2D eigenvalue weighted by molar-refractivity contribution is 5.83. The Morgan fingerprint density at radius 1 is 1.24 bits per heavy atom. The molecule has 5 fully saturated rings. The van der Waals surface area contributed by atoms with E-state index in [9.17, 15) is 9.59 Å². The number of carbonyl (C=O) groups excluding carboxylic acids is 2. The zero-order chi connectivity index (χ0) is 23.5. The smallest absolute Gasteiger partial charge is 0.410 e. The van der Waals surface area contributed by atoms with Crippen molar-refractivity contribution in [1.82, 2.24) is 10.2 Å². The van der Waals surface area contributed by atoms with E-state index in [2.05, 4.69) is 32.2 Å². The fraction of sp³-hybridized carbons (Fsp3) is 0.840. The summed E-state index contributed by atoms with van der Waals surface area (Å²) in [4.78, 5) is 26.9. The topological polar surface area (TPSA) is 92.9 Å². The molecule has 1 spiro atoms. The summed E-state index contributed by atoms with van der Waals surface area (Å²) in [6.45, 7) is 10.8. The lowest BCUT2D eigenvalue weighted by atomic mass is 9.68. The third-order valence-electron chi connectivity index (χ3n) is 8.60. The number of ether oxygens (including phenoxy) is 4. The summed E-state index contributed by atoms with van der Waals surface area (Å²) in [5.74, 6) is 0.714. The number of carbonyl (C=O) groups is 2. The number of rotatable bonds is 7. The number of methoxy groups -OCH3 is 1. The number of hydrogen-bond donors (Lipinski definition) is 1. The first-order valence-corrected chi connectivity index (χ1v) is 12.4. The summed E-state index contributed by atoms with van der Waals surface area (Å²) in [6, 6.07) is 0. The van der Waals surface area contributed by atoms with Crippen LogP contribution in [0, 0.1) is 23.7 Å². The Hall–Kier alpha value is -1.64. The molecule has 0 aromatic rings. The van der Waals surface area contributed by atoms with Crippen LogP contribution < -0.4 is 5.32 Å². The van der Waals surface area contributed by atoms with Gasteiger partial charge < -0.3 is 29.2 Å². The molecular weight excluding hydrogens is 424 g/mol. The van der Waals surface area contributed by atoms with Crippen molar-refractivity contribution in [2.24, 2.45) is 23.7 Å². The molecule has 5 rings (SSSR count). The molecule has 2 saturated carbocycles. The number of fused-ring (bicyclic) bond motifs is 1. The number of nitrogens with one attached hydrogen (secondary N) is 1. The number of nitrogens with zero attached hydrogens (tertiary/aromatic N) is 1. The second-order valence-corrected chi connectivity index (χ2v) is 11.0. The standard InChI is InChI=1S/C25H38N2O6/c1-6-26-22(28)19-15-11-27(12-16(15)19)23(29)32-17-9-10-25(13-31-25)21(20(17)30-5)24(4)18(33-24)8-7-14(2)3/h7,15-21H,6,8-13H2,1-5H3,(H,26,28)/t15-,16+,17-,18-,19?,20-,21-,24+,25+/m1/s1. The average Bonchev–Trinajstić information content (AvgIpc) is 3.73. The van der Waals surface area contributed by atoms with E-state index in [1.165, 1.54) is 5.57 Å². The van der Waals surface area contributed by atoms with E-state index in [1.807, 2.05) is 6.92 Å². The van der Waals surface area contributed by atoms with Gasteiger partial charge in [-0.2, -0.15) is 0 Å². The van der Waals surface area contributed by atoms with Gasteiger partial charge in [0.2, 0.25) is 5.91 Å². The summed E-state index contributed by atoms with van der Waals surface area (Å²) in [6.07, 6.45) is 3.88. The van der Waals surface area contributed by atoms with Crippen molar-refractivity contribution in [2.45, 2.75) is 76.5 Å². The molecule has 3 heterocycles. The summed E-state index contributed by atoms with van der Waals surface area (Å²) in [5.41, 5.74) is 0.707. The van der Waals surface area contributed by atoms with Gasteiger partial charge in [0, 0.05) is 32.7 Å². The van der Waals surface area contributed by atoms with Gasteiger partial charge in [0.25, 0.3) is 0 Å². The molecule has 33 heavy (non-hydrogen) atoms. The van der Waals surface area contributed by atoms with Crippen LogP contribution in [0.1, 0.15) is 47.0 Å². The van der Waals surface area contributed by atoms with Crippen molar-refractivity contribution < 1.29 is 28.5 Å². The van der Waals surface area contributed by atoms with Crippen LogP contribution in [-0.2, 0) is 23.7 Å². The molecule has 0 bridgehead atoms. The molecule has 0 radical (unpaired) electrons. The molecule has 2 aliphatic carbocycles. The van der Waals surface area contributed by atoms with Crippen LogP contribution >= 0.6 is 0 Å². The third kappa shape index (κ3) is 3.98. The fourth-order valence-electron chi connectivity index (χ4n) is 6.63. The van der Waals surface area contributed by atoms with Gasteiger partial charge >= 0.3 is 6.09 Å². The first-order valence-electron chi connectivity index (χ1n) is 12.4. The fourth-order valence-corrected chi connectivity index (χ4v) is 6.63. The van der Waals surface area contributed by atoms with Gasteiger partial charge in [-0.3, -0.25) is 4.79 Å². The number of likely N-dealkylation sites (tertiary alicyclic amines) is 1. The Labute approximate surface area is 196 Å². The lowest BCUT2D eigenvalue weighted by molar-refractivity contribution is -0.124. The van der Waals surface area contributed by atoms with Gasteiger partial charge in [0.05, 0.1) is 18.6 Å². The molecule has 184 valence electrons. The molecule has 1 unspecified atom stereocenters. The Balaban J connectivity index is 1.22. The summed E-state index contributed by atoms with van der Waals surface area (Å²) < 4.78 is 24.2. The van der Waals surface area contributed by atoms with E-state index in [1.54, 1.807) is 12.0 Å². The highest BCUT2D eigenvalue weighted by Gasteiger charge is 2.72. The molecule has 0 aromatic heterocycles. The van der Waals surface area contributed by atoms with Crippen molar-refractivity contribution in [2.75, 3.05) is 33.4 Å². The average molecular weight is 463 g/mol. The van der Waals surface area contributed by atoms with Crippen molar-refractivity contribution in [3.63, 3.8) is 0 Å². The lowest BCUT2D eigenvalue weighted by Gasteiger charge is -2.43. The number of hydrogen-bond acceptors (Lipinski definition) is 6. The second-order valence-electron chi connectivity index (χ2n) is 11.0. The molecule has 1 N–H and O–H groups in total. The van der Waals surface area contributed by atoms with Crippen LogP contribution in [0.25, 0.3) is 0 Å². The first-order chi connectivity index (χ1) is 15.7. The molecule has 8 nitrogen and oxygen atoms in total. The SMILES string of the molecule is CCNC(=O)C1[C@H]2CN(C(=O)O[C@@H]3CC[C@]4(CO4)[C@@H]([C@@]4(C)O[C@@H]4CC=C(C)C)[C@@H]3OC)C[C@@H]12. The number of allylic oxidation sites excluding steroid dienone is 1. The molecule has 3 aliphatic heterocycles. The highest BCUT2D eigenvalue weighted by Crippen LogP contribution is 2.60. The van der Waals surface area contributed by atoms with Crippen LogP contribution in [0.5, 0.6) is 0 Å². The third-order valence-corrected chi connectivity index (χ3v) is 8.60. The minimum absolute atomic E-state index is 0.0196. The Morgan fingerprint density at radius 2 is 1.94 bits per heavy atom. The number of amides is 2. The zero-order valence-corrected chi connectivity index (χ0v) is 20.5. The molecule has 0 aromatic carbocycles. The van der Waals surface area contributed by atoms with Crippen molar-refractivity contribution >= 4 is 12.0 Å². The van der Waals surface area contributed by atoms with E-state index in [4.69, 9.17) is 18.9 Å². The lowest BCUT2D eigenvalue weighted by Crippen LogP contribution is -2.56. The van der Waals surface area contributed by atoms with E-state index < -0.39 is 0 Å². The van der Waals surface area contributed by atoms with Gasteiger partial charge in [-0.1, -0.05) is 11.6 Å². The molecule has 8 heteroatoms. The minimum Gasteiger partial charge on any atom is -0.443 e. The van der Waals surface area contributed by atoms with Gasteiger partial charge in [0.15, 0.2) is 0 Å². The highest BCUT2D eigenvalue weighted by atomic mass is 16.6. The monoisotopic (exact) mass is 462 g/mol. The van der Waals surface area contributed by atoms with E-state index in [0.717, 1.165) is 19.3 Å². The normalized spacial score (nSPS) is 44.8. The second kappa shape index (κ2) is 8.24. The van der Waals surface area contributed by atoms with E-state index >= 15 is 0 Å². The molecule has 3 saturated heterocycles. The van der Waals surface area contributed by atoms with Gasteiger partial charge in [-0.05, 0) is 58.8 Å².